The molecule has 1 amide bonds. The van der Waals surface area contributed by atoms with Gasteiger partial charge in [-0.25, -0.2) is 8.42 Å². The number of sulfone groups is 1. The molecule has 0 spiro atoms. The topological polar surface area (TPSA) is 96.6 Å². The SMILES string of the molecule is CC(C)c1nc(CN(C)C(=O)CCN(C)C2CCS(=O)(=O)C2)no1. The van der Waals surface area contributed by atoms with Gasteiger partial charge < -0.3 is 14.3 Å². The number of hydrogen-bond donors (Lipinski definition) is 0. The molecule has 1 unspecified atom stereocenters. The Hall–Kier alpha value is -1.48. The number of carbonyl (C=O) groups is 1. The summed E-state index contributed by atoms with van der Waals surface area (Å²) in [7, 11) is 0.665. The first kappa shape index (κ1) is 18.9. The van der Waals surface area contributed by atoms with E-state index in [4.69, 9.17) is 4.52 Å². The summed E-state index contributed by atoms with van der Waals surface area (Å²) >= 11 is 0. The van der Waals surface area contributed by atoms with E-state index in [2.05, 4.69) is 10.1 Å². The maximum atomic E-state index is 12.2. The van der Waals surface area contributed by atoms with Gasteiger partial charge in [0, 0.05) is 32.0 Å². The smallest absolute Gasteiger partial charge is 0.229 e. The van der Waals surface area contributed by atoms with Crippen molar-refractivity contribution < 1.29 is 17.7 Å². The van der Waals surface area contributed by atoms with Crippen molar-refractivity contribution in [2.45, 2.75) is 45.2 Å². The zero-order valence-electron chi connectivity index (χ0n) is 14.7. The Morgan fingerprint density at radius 3 is 2.62 bits per heavy atom. The first-order valence-electron chi connectivity index (χ1n) is 8.15. The van der Waals surface area contributed by atoms with Crippen LogP contribution in [0.4, 0.5) is 0 Å². The fourth-order valence-corrected chi connectivity index (χ4v) is 4.44. The minimum atomic E-state index is -2.90. The molecule has 0 N–H and O–H groups in total. The second-order valence-corrected chi connectivity index (χ2v) is 8.97. The number of rotatable bonds is 7. The highest BCUT2D eigenvalue weighted by molar-refractivity contribution is 7.91. The first-order chi connectivity index (χ1) is 11.2. The number of hydrogen-bond acceptors (Lipinski definition) is 7. The second-order valence-electron chi connectivity index (χ2n) is 6.74. The Bertz CT molecular complexity index is 671. The largest absolute Gasteiger partial charge is 0.339 e. The second kappa shape index (κ2) is 7.60. The lowest BCUT2D eigenvalue weighted by atomic mass is 10.2. The number of aromatic nitrogens is 2. The predicted octanol–water partition coefficient (Wildman–Crippen LogP) is 0.660. The van der Waals surface area contributed by atoms with Gasteiger partial charge in [-0.2, -0.15) is 4.98 Å². The van der Waals surface area contributed by atoms with Crippen LogP contribution in [-0.2, 0) is 21.2 Å². The molecule has 2 rings (SSSR count). The van der Waals surface area contributed by atoms with Gasteiger partial charge in [-0.15, -0.1) is 0 Å². The van der Waals surface area contributed by atoms with E-state index in [1.165, 1.54) is 0 Å². The molecule has 0 saturated carbocycles. The van der Waals surface area contributed by atoms with Crippen LogP contribution < -0.4 is 0 Å². The third-order valence-corrected chi connectivity index (χ3v) is 6.04. The molecule has 1 fully saturated rings. The van der Waals surface area contributed by atoms with Crippen LogP contribution in [0.3, 0.4) is 0 Å². The first-order valence-corrected chi connectivity index (χ1v) is 9.97. The van der Waals surface area contributed by atoms with Crippen molar-refractivity contribution in [1.82, 2.24) is 19.9 Å². The Morgan fingerprint density at radius 2 is 2.08 bits per heavy atom. The van der Waals surface area contributed by atoms with Gasteiger partial charge in [0.25, 0.3) is 0 Å². The van der Waals surface area contributed by atoms with Crippen molar-refractivity contribution in [1.29, 1.82) is 0 Å². The van der Waals surface area contributed by atoms with Gasteiger partial charge >= 0.3 is 0 Å². The monoisotopic (exact) mass is 358 g/mol. The highest BCUT2D eigenvalue weighted by Gasteiger charge is 2.30. The zero-order valence-corrected chi connectivity index (χ0v) is 15.5. The maximum absolute atomic E-state index is 12.2. The average molecular weight is 358 g/mol. The van der Waals surface area contributed by atoms with Crippen LogP contribution in [0.5, 0.6) is 0 Å². The zero-order chi connectivity index (χ0) is 17.9. The summed E-state index contributed by atoms with van der Waals surface area (Å²) in [5.74, 6) is 1.61. The van der Waals surface area contributed by atoms with E-state index in [0.717, 1.165) is 0 Å². The lowest BCUT2D eigenvalue weighted by Crippen LogP contribution is -2.36. The van der Waals surface area contributed by atoms with Crippen LogP contribution in [0.15, 0.2) is 4.52 Å². The van der Waals surface area contributed by atoms with E-state index in [9.17, 15) is 13.2 Å². The van der Waals surface area contributed by atoms with Crippen LogP contribution in [-0.4, -0.2) is 72.5 Å². The van der Waals surface area contributed by atoms with Crippen molar-refractivity contribution in [2.24, 2.45) is 0 Å². The van der Waals surface area contributed by atoms with Gasteiger partial charge in [0.05, 0.1) is 18.1 Å². The van der Waals surface area contributed by atoms with Crippen molar-refractivity contribution in [3.8, 4) is 0 Å². The molecule has 1 aromatic heterocycles. The average Bonchev–Trinajstić information content (AvgIpc) is 3.10. The summed E-state index contributed by atoms with van der Waals surface area (Å²) in [4.78, 5) is 20.0. The standard InChI is InChI=1S/C15H26N4O4S/c1-11(2)15-16-13(17-23-15)9-19(4)14(20)5-7-18(3)12-6-8-24(21,22)10-12/h11-12H,5-10H2,1-4H3. The fourth-order valence-electron chi connectivity index (χ4n) is 2.63. The van der Waals surface area contributed by atoms with E-state index in [0.29, 0.717) is 37.6 Å². The Kier molecular flexibility index (Phi) is 5.97. The molecule has 0 aliphatic carbocycles. The fraction of sp³-hybridized carbons (Fsp3) is 0.800. The lowest BCUT2D eigenvalue weighted by molar-refractivity contribution is -0.130. The molecule has 24 heavy (non-hydrogen) atoms. The number of carbonyl (C=O) groups excluding carboxylic acids is 1. The number of nitrogens with zero attached hydrogens (tertiary/aromatic N) is 4. The molecular formula is C15H26N4O4S. The quantitative estimate of drug-likeness (QED) is 0.706. The summed E-state index contributed by atoms with van der Waals surface area (Å²) in [6.07, 6.45) is 0.974. The molecule has 0 aromatic carbocycles. The Morgan fingerprint density at radius 1 is 1.38 bits per heavy atom. The van der Waals surface area contributed by atoms with Gasteiger partial charge in [0.15, 0.2) is 15.7 Å². The van der Waals surface area contributed by atoms with E-state index in [1.54, 1.807) is 11.9 Å². The molecule has 0 radical (unpaired) electrons. The van der Waals surface area contributed by atoms with E-state index < -0.39 is 9.84 Å². The molecule has 1 aromatic rings. The summed E-state index contributed by atoms with van der Waals surface area (Å²) in [6, 6.07) is 0.0129. The molecule has 1 aliphatic heterocycles. The van der Waals surface area contributed by atoms with E-state index in [-0.39, 0.29) is 29.4 Å². The third-order valence-electron chi connectivity index (χ3n) is 4.29. The molecule has 136 valence electrons. The van der Waals surface area contributed by atoms with Gasteiger partial charge in [-0.3, -0.25) is 4.79 Å². The summed E-state index contributed by atoms with van der Waals surface area (Å²) in [6.45, 7) is 4.76. The third kappa shape index (κ3) is 5.01. The molecule has 2 heterocycles. The molecule has 1 saturated heterocycles. The Labute approximate surface area is 143 Å². The van der Waals surface area contributed by atoms with Gasteiger partial charge in [-0.1, -0.05) is 19.0 Å². The highest BCUT2D eigenvalue weighted by atomic mass is 32.2. The van der Waals surface area contributed by atoms with Crippen LogP contribution in [0.25, 0.3) is 0 Å². The lowest BCUT2D eigenvalue weighted by Gasteiger charge is -2.24. The summed E-state index contributed by atoms with van der Waals surface area (Å²) in [5.41, 5.74) is 0. The predicted molar refractivity (Wildman–Crippen MR) is 89.2 cm³/mol. The Balaban J connectivity index is 1.79. The van der Waals surface area contributed by atoms with Crippen LogP contribution >= 0.6 is 0 Å². The summed E-state index contributed by atoms with van der Waals surface area (Å²) < 4.78 is 28.2. The molecule has 1 atom stereocenters. The van der Waals surface area contributed by atoms with Crippen LogP contribution in [0, 0.1) is 0 Å². The minimum Gasteiger partial charge on any atom is -0.339 e. The van der Waals surface area contributed by atoms with Crippen LogP contribution in [0.2, 0.25) is 0 Å². The van der Waals surface area contributed by atoms with E-state index in [1.807, 2.05) is 25.8 Å². The van der Waals surface area contributed by atoms with Crippen molar-refractivity contribution in [3.63, 3.8) is 0 Å². The summed E-state index contributed by atoms with van der Waals surface area (Å²) in [5, 5.41) is 3.88. The molecular weight excluding hydrogens is 332 g/mol. The molecule has 8 nitrogen and oxygen atoms in total. The molecule has 1 aliphatic rings. The molecule has 0 bridgehead atoms. The minimum absolute atomic E-state index is 0.0129. The van der Waals surface area contributed by atoms with Crippen molar-refractivity contribution in [3.05, 3.63) is 11.7 Å². The molecule has 9 heteroatoms. The normalized spacial score (nSPS) is 20.0. The maximum Gasteiger partial charge on any atom is 0.229 e. The van der Waals surface area contributed by atoms with Gasteiger partial charge in [0.2, 0.25) is 11.8 Å². The number of amides is 1. The van der Waals surface area contributed by atoms with Crippen molar-refractivity contribution in [2.75, 3.05) is 32.1 Å². The van der Waals surface area contributed by atoms with Gasteiger partial charge in [0.1, 0.15) is 0 Å². The van der Waals surface area contributed by atoms with Crippen LogP contribution in [0.1, 0.15) is 44.3 Å². The van der Waals surface area contributed by atoms with Crippen molar-refractivity contribution >= 4 is 15.7 Å². The van der Waals surface area contributed by atoms with E-state index >= 15 is 0 Å². The van der Waals surface area contributed by atoms with Gasteiger partial charge in [-0.05, 0) is 13.5 Å². The highest BCUT2D eigenvalue weighted by Crippen LogP contribution is 2.17.